The first-order chi connectivity index (χ1) is 14.6. The molecule has 0 unspecified atom stereocenters. The van der Waals surface area contributed by atoms with Crippen molar-refractivity contribution in [3.63, 3.8) is 0 Å². The molecule has 0 spiro atoms. The zero-order valence-corrected chi connectivity index (χ0v) is 17.3. The van der Waals surface area contributed by atoms with Gasteiger partial charge < -0.3 is 19.7 Å². The predicted molar refractivity (Wildman–Crippen MR) is 113 cm³/mol. The lowest BCUT2D eigenvalue weighted by Gasteiger charge is -2.28. The smallest absolute Gasteiger partial charge is 0.225 e. The maximum absolute atomic E-state index is 13.3. The largest absolute Gasteiger partial charge is 0.490 e. The van der Waals surface area contributed by atoms with Crippen molar-refractivity contribution in [2.45, 2.75) is 44.7 Å². The number of fused-ring (bicyclic) bond motifs is 1. The molecule has 4 rings (SSSR count). The highest BCUT2D eigenvalue weighted by atomic mass is 16.5. The van der Waals surface area contributed by atoms with Crippen molar-refractivity contribution in [3.8, 4) is 11.5 Å². The number of hydrogen-bond acceptors (Lipinski definition) is 4. The van der Waals surface area contributed by atoms with Crippen molar-refractivity contribution in [1.29, 1.82) is 0 Å². The van der Waals surface area contributed by atoms with Gasteiger partial charge in [0.1, 0.15) is 0 Å². The first-order valence-electron chi connectivity index (χ1n) is 10.6. The molecule has 2 amide bonds. The van der Waals surface area contributed by atoms with Crippen LogP contribution in [0, 0.1) is 0 Å². The molecule has 2 aliphatic heterocycles. The molecule has 6 nitrogen and oxygen atoms in total. The average molecular weight is 408 g/mol. The van der Waals surface area contributed by atoms with E-state index >= 15 is 0 Å². The summed E-state index contributed by atoms with van der Waals surface area (Å²) in [6.45, 7) is 3.50. The molecule has 6 heteroatoms. The minimum atomic E-state index is -0.332. The lowest BCUT2D eigenvalue weighted by molar-refractivity contribution is -0.133. The Morgan fingerprint density at radius 1 is 1.07 bits per heavy atom. The van der Waals surface area contributed by atoms with E-state index in [1.165, 1.54) is 6.92 Å². The van der Waals surface area contributed by atoms with Gasteiger partial charge in [0.2, 0.25) is 11.8 Å². The van der Waals surface area contributed by atoms with E-state index in [1.807, 2.05) is 53.4 Å². The number of carbonyl (C=O) groups is 2. The minimum Gasteiger partial charge on any atom is -0.490 e. The van der Waals surface area contributed by atoms with Gasteiger partial charge in [0.25, 0.3) is 0 Å². The third-order valence-electron chi connectivity index (χ3n) is 5.69. The van der Waals surface area contributed by atoms with Gasteiger partial charge in [-0.1, -0.05) is 36.4 Å². The van der Waals surface area contributed by atoms with E-state index in [2.05, 4.69) is 5.32 Å². The summed E-state index contributed by atoms with van der Waals surface area (Å²) >= 11 is 0. The number of amides is 2. The highest BCUT2D eigenvalue weighted by Gasteiger charge is 2.32. The molecule has 0 radical (unpaired) electrons. The Kier molecular flexibility index (Phi) is 6.21. The van der Waals surface area contributed by atoms with Gasteiger partial charge in [0, 0.05) is 19.9 Å². The lowest BCUT2D eigenvalue weighted by Crippen LogP contribution is -2.35. The summed E-state index contributed by atoms with van der Waals surface area (Å²) in [6, 6.07) is 15.3. The third-order valence-corrected chi connectivity index (χ3v) is 5.69. The Labute approximate surface area is 177 Å². The van der Waals surface area contributed by atoms with Crippen LogP contribution in [-0.4, -0.2) is 36.5 Å². The maximum atomic E-state index is 13.3. The predicted octanol–water partition coefficient (Wildman–Crippen LogP) is 3.78. The first-order valence-corrected chi connectivity index (χ1v) is 10.6. The molecular formula is C24H28N2O4. The molecule has 2 heterocycles. The van der Waals surface area contributed by atoms with Gasteiger partial charge in [0.15, 0.2) is 11.5 Å². The molecule has 2 aliphatic rings. The second kappa shape index (κ2) is 9.20. The third kappa shape index (κ3) is 4.58. The highest BCUT2D eigenvalue weighted by Crippen LogP contribution is 2.38. The number of rotatable bonds is 5. The van der Waals surface area contributed by atoms with Crippen LogP contribution in [0.5, 0.6) is 11.5 Å². The summed E-state index contributed by atoms with van der Waals surface area (Å²) < 4.78 is 11.6. The highest BCUT2D eigenvalue weighted by molar-refractivity contribution is 5.80. The second-order valence-electron chi connectivity index (χ2n) is 7.87. The Hall–Kier alpha value is -3.02. The lowest BCUT2D eigenvalue weighted by atomic mass is 10.0. The van der Waals surface area contributed by atoms with E-state index in [0.29, 0.717) is 13.2 Å². The topological polar surface area (TPSA) is 67.9 Å². The van der Waals surface area contributed by atoms with Gasteiger partial charge in [0.05, 0.1) is 31.7 Å². The van der Waals surface area contributed by atoms with Gasteiger partial charge in [-0.3, -0.25) is 9.59 Å². The zero-order valence-electron chi connectivity index (χ0n) is 17.3. The van der Waals surface area contributed by atoms with Crippen LogP contribution < -0.4 is 14.8 Å². The quantitative estimate of drug-likeness (QED) is 0.818. The van der Waals surface area contributed by atoms with E-state index in [-0.39, 0.29) is 30.3 Å². The maximum Gasteiger partial charge on any atom is 0.225 e. The molecule has 158 valence electrons. The van der Waals surface area contributed by atoms with Gasteiger partial charge in [-0.25, -0.2) is 0 Å². The van der Waals surface area contributed by atoms with Crippen LogP contribution in [-0.2, 0) is 9.59 Å². The fourth-order valence-electron chi connectivity index (χ4n) is 4.27. The monoisotopic (exact) mass is 408 g/mol. The molecule has 0 saturated carbocycles. The summed E-state index contributed by atoms with van der Waals surface area (Å²) in [5.41, 5.74) is 2.01. The van der Waals surface area contributed by atoms with E-state index in [0.717, 1.165) is 48.4 Å². The average Bonchev–Trinajstić information content (AvgIpc) is 3.12. The van der Waals surface area contributed by atoms with Crippen LogP contribution in [0.4, 0.5) is 0 Å². The molecule has 0 bridgehead atoms. The standard InChI is InChI=1S/C24H28N2O4/c1-17(27)25-20(18-7-3-2-4-8-18)16-24(28)26-12-5-9-21(26)19-10-11-22-23(15-19)30-14-6-13-29-22/h2-4,7-8,10-11,15,20-21H,5-6,9,12-14,16H2,1H3,(H,25,27)/t20-,21+/m0/s1. The van der Waals surface area contributed by atoms with Crippen LogP contribution in [0.1, 0.15) is 55.8 Å². The number of ether oxygens (including phenoxy) is 2. The molecule has 2 atom stereocenters. The second-order valence-corrected chi connectivity index (χ2v) is 7.87. The normalized spacial score (nSPS) is 19.1. The molecule has 0 aliphatic carbocycles. The number of benzene rings is 2. The zero-order chi connectivity index (χ0) is 20.9. The molecule has 1 N–H and O–H groups in total. The van der Waals surface area contributed by atoms with Crippen molar-refractivity contribution < 1.29 is 19.1 Å². The number of nitrogens with one attached hydrogen (secondary N) is 1. The van der Waals surface area contributed by atoms with Crippen molar-refractivity contribution in [3.05, 3.63) is 59.7 Å². The Bertz CT molecular complexity index is 899. The first kappa shape index (κ1) is 20.3. The van der Waals surface area contributed by atoms with Crippen molar-refractivity contribution in [2.75, 3.05) is 19.8 Å². The van der Waals surface area contributed by atoms with Crippen LogP contribution in [0.3, 0.4) is 0 Å². The molecule has 2 aromatic rings. The van der Waals surface area contributed by atoms with Gasteiger partial charge in [-0.05, 0) is 36.1 Å². The molecular weight excluding hydrogens is 380 g/mol. The SMILES string of the molecule is CC(=O)N[C@@H](CC(=O)N1CCC[C@@H]1c1ccc2c(c1)OCCCO2)c1ccccc1. The summed E-state index contributed by atoms with van der Waals surface area (Å²) in [4.78, 5) is 26.9. The summed E-state index contributed by atoms with van der Waals surface area (Å²) in [5, 5.41) is 2.93. The van der Waals surface area contributed by atoms with Crippen molar-refractivity contribution >= 4 is 11.8 Å². The Morgan fingerprint density at radius 2 is 1.83 bits per heavy atom. The van der Waals surface area contributed by atoms with E-state index in [9.17, 15) is 9.59 Å². The summed E-state index contributed by atoms with van der Waals surface area (Å²) in [7, 11) is 0. The number of carbonyl (C=O) groups excluding carboxylic acids is 2. The van der Waals surface area contributed by atoms with Gasteiger partial charge >= 0.3 is 0 Å². The van der Waals surface area contributed by atoms with Crippen LogP contribution >= 0.6 is 0 Å². The fraction of sp³-hybridized carbons (Fsp3) is 0.417. The van der Waals surface area contributed by atoms with Crippen LogP contribution in [0.2, 0.25) is 0 Å². The van der Waals surface area contributed by atoms with E-state index in [1.54, 1.807) is 0 Å². The van der Waals surface area contributed by atoms with E-state index < -0.39 is 0 Å². The number of hydrogen-bond donors (Lipinski definition) is 1. The fourth-order valence-corrected chi connectivity index (χ4v) is 4.27. The molecule has 30 heavy (non-hydrogen) atoms. The van der Waals surface area contributed by atoms with Crippen molar-refractivity contribution in [2.24, 2.45) is 0 Å². The molecule has 1 saturated heterocycles. The number of likely N-dealkylation sites (tertiary alicyclic amines) is 1. The van der Waals surface area contributed by atoms with Crippen LogP contribution in [0.15, 0.2) is 48.5 Å². The minimum absolute atomic E-state index is 0.0170. The summed E-state index contributed by atoms with van der Waals surface area (Å²) in [5.74, 6) is 1.43. The van der Waals surface area contributed by atoms with E-state index in [4.69, 9.17) is 9.47 Å². The Balaban J connectivity index is 1.52. The van der Waals surface area contributed by atoms with Gasteiger partial charge in [-0.2, -0.15) is 0 Å². The van der Waals surface area contributed by atoms with Gasteiger partial charge in [-0.15, -0.1) is 0 Å². The number of nitrogens with zero attached hydrogens (tertiary/aromatic N) is 1. The molecule has 1 fully saturated rings. The summed E-state index contributed by atoms with van der Waals surface area (Å²) in [6.07, 6.45) is 2.98. The molecule has 0 aromatic heterocycles. The molecule has 2 aromatic carbocycles. The van der Waals surface area contributed by atoms with Crippen LogP contribution in [0.25, 0.3) is 0 Å². The van der Waals surface area contributed by atoms with Crippen molar-refractivity contribution in [1.82, 2.24) is 10.2 Å². The Morgan fingerprint density at radius 3 is 2.60 bits per heavy atom.